The number of rotatable bonds is 4. The van der Waals surface area contributed by atoms with Crippen LogP contribution in [0, 0.1) is 6.92 Å². The predicted octanol–water partition coefficient (Wildman–Crippen LogP) is 2.25. The summed E-state index contributed by atoms with van der Waals surface area (Å²) in [6.45, 7) is 6.67. The number of nitrogens with zero attached hydrogens (tertiary/aromatic N) is 6. The highest BCUT2D eigenvalue weighted by atomic mass is 16.3. The van der Waals surface area contributed by atoms with Gasteiger partial charge in [-0.1, -0.05) is 0 Å². The summed E-state index contributed by atoms with van der Waals surface area (Å²) in [7, 11) is 0. The molecule has 9 heteroatoms. The third-order valence-electron chi connectivity index (χ3n) is 5.78. The highest BCUT2D eigenvalue weighted by Gasteiger charge is 2.39. The molecule has 2 fully saturated rings. The number of hydrogen-bond acceptors (Lipinski definition) is 8. The molecule has 4 heterocycles. The van der Waals surface area contributed by atoms with Crippen molar-refractivity contribution in [1.82, 2.24) is 24.8 Å². The maximum absolute atomic E-state index is 13.4. The van der Waals surface area contributed by atoms with E-state index in [1.807, 2.05) is 11.8 Å². The smallest absolute Gasteiger partial charge is 0.258 e. The van der Waals surface area contributed by atoms with Gasteiger partial charge in [0.05, 0.1) is 29.0 Å². The molecule has 0 spiro atoms. The lowest BCUT2D eigenvalue weighted by molar-refractivity contribution is 0.0746. The second kappa shape index (κ2) is 6.68. The third kappa shape index (κ3) is 3.26. The van der Waals surface area contributed by atoms with E-state index in [0.29, 0.717) is 41.3 Å². The van der Waals surface area contributed by atoms with Gasteiger partial charge in [0.15, 0.2) is 0 Å². The van der Waals surface area contributed by atoms with Crippen molar-refractivity contribution in [2.45, 2.75) is 32.2 Å². The van der Waals surface area contributed by atoms with Crippen LogP contribution in [0.25, 0.3) is 11.1 Å². The number of hydrogen-bond donors (Lipinski definition) is 1. The van der Waals surface area contributed by atoms with Gasteiger partial charge in [0.2, 0.25) is 5.71 Å². The van der Waals surface area contributed by atoms with E-state index in [9.17, 15) is 4.79 Å². The van der Waals surface area contributed by atoms with Crippen LogP contribution in [0.4, 0.5) is 11.5 Å². The van der Waals surface area contributed by atoms with Gasteiger partial charge in [-0.05, 0) is 26.7 Å². The second-order valence-corrected chi connectivity index (χ2v) is 8.00. The van der Waals surface area contributed by atoms with Crippen LogP contribution in [-0.2, 0) is 0 Å². The first-order valence-corrected chi connectivity index (χ1v) is 9.86. The maximum atomic E-state index is 13.4. The molecule has 1 saturated carbocycles. The summed E-state index contributed by atoms with van der Waals surface area (Å²) in [4.78, 5) is 34.3. The van der Waals surface area contributed by atoms with E-state index in [4.69, 9.17) is 4.42 Å². The van der Waals surface area contributed by atoms with Crippen molar-refractivity contribution in [1.29, 1.82) is 0 Å². The zero-order valence-electron chi connectivity index (χ0n) is 16.6. The van der Waals surface area contributed by atoms with Gasteiger partial charge in [0.25, 0.3) is 5.91 Å². The zero-order valence-corrected chi connectivity index (χ0v) is 16.6. The minimum Gasteiger partial charge on any atom is -0.442 e. The topological polar surface area (TPSA) is 100 Å². The van der Waals surface area contributed by atoms with E-state index in [-0.39, 0.29) is 11.4 Å². The largest absolute Gasteiger partial charge is 0.442 e. The molecule has 2 aliphatic rings. The molecule has 0 atom stereocenters. The molecule has 0 bridgehead atoms. The van der Waals surface area contributed by atoms with Gasteiger partial charge in [-0.3, -0.25) is 4.79 Å². The van der Waals surface area contributed by atoms with Gasteiger partial charge >= 0.3 is 0 Å². The Morgan fingerprint density at radius 3 is 2.52 bits per heavy atom. The molecule has 0 aromatic carbocycles. The van der Waals surface area contributed by atoms with Crippen LogP contribution in [0.2, 0.25) is 0 Å². The lowest BCUT2D eigenvalue weighted by Gasteiger charge is -2.35. The first-order chi connectivity index (χ1) is 14.0. The van der Waals surface area contributed by atoms with Crippen LogP contribution in [0.5, 0.6) is 0 Å². The highest BCUT2D eigenvalue weighted by Crippen LogP contribution is 2.40. The predicted molar refractivity (Wildman–Crippen MR) is 108 cm³/mol. The number of aryl methyl sites for hydroxylation is 1. The van der Waals surface area contributed by atoms with E-state index in [1.54, 1.807) is 12.4 Å². The normalized spacial score (nSPS) is 18.1. The average molecular weight is 393 g/mol. The molecule has 1 aliphatic heterocycles. The molecule has 1 N–H and O–H groups in total. The number of carbonyl (C=O) groups is 1. The highest BCUT2D eigenvalue weighted by molar-refractivity contribution is 6.10. The maximum Gasteiger partial charge on any atom is 0.258 e. The zero-order chi connectivity index (χ0) is 20.0. The molecule has 1 saturated heterocycles. The summed E-state index contributed by atoms with van der Waals surface area (Å²) in [6, 6.07) is 0. The minimum absolute atomic E-state index is 0.0379. The minimum atomic E-state index is -0.0380. The van der Waals surface area contributed by atoms with Crippen LogP contribution >= 0.6 is 0 Å². The third-order valence-corrected chi connectivity index (χ3v) is 5.78. The summed E-state index contributed by atoms with van der Waals surface area (Å²) >= 11 is 0. The molecule has 29 heavy (non-hydrogen) atoms. The van der Waals surface area contributed by atoms with Crippen molar-refractivity contribution >= 4 is 28.5 Å². The van der Waals surface area contributed by atoms with E-state index in [2.05, 4.69) is 37.1 Å². The fraction of sp³-hybridized carbons (Fsp3) is 0.450. The molecule has 3 aromatic heterocycles. The Morgan fingerprint density at radius 1 is 1.10 bits per heavy atom. The van der Waals surface area contributed by atoms with E-state index < -0.39 is 0 Å². The molecule has 5 rings (SSSR count). The second-order valence-electron chi connectivity index (χ2n) is 8.00. The first-order valence-electron chi connectivity index (χ1n) is 9.86. The summed E-state index contributed by atoms with van der Waals surface area (Å²) in [5, 5.41) is 4.15. The van der Waals surface area contributed by atoms with Crippen LogP contribution in [-0.4, -0.2) is 62.5 Å². The molecular weight excluding hydrogens is 370 g/mol. The molecule has 1 amide bonds. The summed E-state index contributed by atoms with van der Waals surface area (Å²) in [6.07, 6.45) is 8.77. The molecule has 1 aliphatic carbocycles. The number of fused-ring (bicyclic) bond motifs is 1. The summed E-state index contributed by atoms with van der Waals surface area (Å²) in [5.74, 6) is 1.22. The lowest BCUT2D eigenvalue weighted by atomic mass is 10.1. The van der Waals surface area contributed by atoms with Gasteiger partial charge in [-0.25, -0.2) is 19.9 Å². The van der Waals surface area contributed by atoms with Gasteiger partial charge in [0, 0.05) is 31.7 Å². The van der Waals surface area contributed by atoms with Gasteiger partial charge in [-0.15, -0.1) is 0 Å². The molecule has 150 valence electrons. The van der Waals surface area contributed by atoms with Crippen molar-refractivity contribution in [2.24, 2.45) is 0 Å². The van der Waals surface area contributed by atoms with E-state index in [1.165, 1.54) is 12.7 Å². The standard InChI is InChI=1S/C20H23N7O2/c1-13-15(16-17(25-20(2)3-4-20)23-12-24-18(16)29-13)19(28)27-7-5-26(6-8-27)14-9-21-11-22-10-14/h9-12H,3-8H2,1-2H3,(H,23,24,25). The number of furan rings is 1. The fourth-order valence-electron chi connectivity index (χ4n) is 3.78. The number of anilines is 2. The van der Waals surface area contributed by atoms with E-state index in [0.717, 1.165) is 31.6 Å². The van der Waals surface area contributed by atoms with Gasteiger partial charge in [-0.2, -0.15) is 0 Å². The Morgan fingerprint density at radius 2 is 1.83 bits per heavy atom. The molecular formula is C20H23N7O2. The number of aromatic nitrogens is 4. The van der Waals surface area contributed by atoms with Crippen LogP contribution in [0.1, 0.15) is 35.9 Å². The molecule has 9 nitrogen and oxygen atoms in total. The Kier molecular flexibility index (Phi) is 4.11. The first kappa shape index (κ1) is 17.8. The Bertz CT molecular complexity index is 1050. The monoisotopic (exact) mass is 393 g/mol. The van der Waals surface area contributed by atoms with Gasteiger partial charge < -0.3 is 19.5 Å². The SMILES string of the molecule is Cc1oc2ncnc(NC3(C)CC3)c2c1C(=O)N1CCN(c2cncnc2)CC1. The number of nitrogens with one attached hydrogen (secondary N) is 1. The fourth-order valence-corrected chi connectivity index (χ4v) is 3.78. The van der Waals surface area contributed by atoms with Crippen LogP contribution in [0.15, 0.2) is 29.5 Å². The van der Waals surface area contributed by atoms with Crippen molar-refractivity contribution in [2.75, 3.05) is 36.4 Å². The van der Waals surface area contributed by atoms with Crippen LogP contribution in [0.3, 0.4) is 0 Å². The summed E-state index contributed by atoms with van der Waals surface area (Å²) in [5.41, 5.74) is 2.02. The number of carbonyl (C=O) groups excluding carboxylic acids is 1. The Hall–Kier alpha value is -3.23. The lowest BCUT2D eigenvalue weighted by Crippen LogP contribution is -2.49. The molecule has 0 unspecified atom stereocenters. The quantitative estimate of drug-likeness (QED) is 0.720. The Labute approximate surface area is 168 Å². The van der Waals surface area contributed by atoms with E-state index >= 15 is 0 Å². The van der Waals surface area contributed by atoms with Crippen molar-refractivity contribution in [3.8, 4) is 0 Å². The van der Waals surface area contributed by atoms with Gasteiger partial charge in [0.1, 0.15) is 24.2 Å². The Balaban J connectivity index is 1.41. The van der Waals surface area contributed by atoms with Crippen LogP contribution < -0.4 is 10.2 Å². The average Bonchev–Trinajstić information content (AvgIpc) is 3.36. The number of piperazine rings is 1. The molecule has 3 aromatic rings. The number of amides is 1. The molecule has 0 radical (unpaired) electrons. The van der Waals surface area contributed by atoms with Crippen molar-refractivity contribution in [3.63, 3.8) is 0 Å². The van der Waals surface area contributed by atoms with Crippen molar-refractivity contribution in [3.05, 3.63) is 36.4 Å². The van der Waals surface area contributed by atoms with Crippen molar-refractivity contribution < 1.29 is 9.21 Å². The summed E-state index contributed by atoms with van der Waals surface area (Å²) < 4.78 is 5.81.